The quantitative estimate of drug-likeness (QED) is 0.459. The third kappa shape index (κ3) is 2.19. The lowest BCUT2D eigenvalue weighted by atomic mass is 10.2. The lowest BCUT2D eigenvalue weighted by Crippen LogP contribution is -2.11. The highest BCUT2D eigenvalue weighted by molar-refractivity contribution is 7.90. The summed E-state index contributed by atoms with van der Waals surface area (Å²) in [5, 5.41) is 12.4. The van der Waals surface area contributed by atoms with Gasteiger partial charge in [0.1, 0.15) is 0 Å². The molecule has 1 N–H and O–H groups in total. The average Bonchev–Trinajstić information content (AvgIpc) is 2.88. The molecule has 1 aromatic heterocycles. The fraction of sp³-hybridized carbons (Fsp3) is 0. The zero-order chi connectivity index (χ0) is 14.9. The normalized spacial score (nSPS) is 12.2. The van der Waals surface area contributed by atoms with Crippen LogP contribution in [0.5, 0.6) is 0 Å². The molecule has 21 heavy (non-hydrogen) atoms. The van der Waals surface area contributed by atoms with Crippen molar-refractivity contribution in [3.8, 4) is 0 Å². The Morgan fingerprint density at radius 3 is 2.38 bits per heavy atom. The predicted octanol–water partition coefficient (Wildman–Crippen LogP) is 2.69. The summed E-state index contributed by atoms with van der Waals surface area (Å²) < 4.78 is 26.6. The SMILES string of the molecule is O=S(=O)(c1ccccc1)n1cc(/C=N/O)c2ccccc21. The first-order chi connectivity index (χ1) is 10.1. The van der Waals surface area contributed by atoms with Gasteiger partial charge in [-0.3, -0.25) is 0 Å². The van der Waals surface area contributed by atoms with Gasteiger partial charge in [-0.1, -0.05) is 41.6 Å². The molecule has 0 radical (unpaired) electrons. The molecule has 0 fully saturated rings. The molecule has 2 aromatic carbocycles. The predicted molar refractivity (Wildman–Crippen MR) is 80.3 cm³/mol. The summed E-state index contributed by atoms with van der Waals surface area (Å²) in [7, 11) is -3.69. The number of rotatable bonds is 3. The van der Waals surface area contributed by atoms with Gasteiger partial charge in [-0.15, -0.1) is 0 Å². The van der Waals surface area contributed by atoms with Crippen molar-refractivity contribution in [2.75, 3.05) is 0 Å². The minimum absolute atomic E-state index is 0.207. The molecule has 3 rings (SSSR count). The first-order valence-electron chi connectivity index (χ1n) is 6.23. The number of hydrogen-bond donors (Lipinski definition) is 1. The van der Waals surface area contributed by atoms with Crippen LogP contribution < -0.4 is 0 Å². The maximum Gasteiger partial charge on any atom is 0.268 e. The molecular formula is C15H12N2O3S. The van der Waals surface area contributed by atoms with Crippen molar-refractivity contribution in [2.24, 2.45) is 5.16 Å². The molecule has 0 bridgehead atoms. The van der Waals surface area contributed by atoms with Gasteiger partial charge >= 0.3 is 0 Å². The molecule has 5 nitrogen and oxygen atoms in total. The van der Waals surface area contributed by atoms with Gasteiger partial charge in [-0.05, 0) is 18.2 Å². The van der Waals surface area contributed by atoms with Gasteiger partial charge in [0, 0.05) is 17.1 Å². The molecule has 106 valence electrons. The minimum Gasteiger partial charge on any atom is -0.411 e. The first-order valence-corrected chi connectivity index (χ1v) is 7.67. The summed E-state index contributed by atoms with van der Waals surface area (Å²) in [5.74, 6) is 0. The zero-order valence-corrected chi connectivity index (χ0v) is 11.7. The van der Waals surface area contributed by atoms with Crippen molar-refractivity contribution in [3.05, 3.63) is 66.4 Å². The van der Waals surface area contributed by atoms with Gasteiger partial charge in [0.05, 0.1) is 16.6 Å². The van der Waals surface area contributed by atoms with Crippen LogP contribution in [0.1, 0.15) is 5.56 Å². The van der Waals surface area contributed by atoms with Crippen molar-refractivity contribution < 1.29 is 13.6 Å². The molecule has 0 saturated carbocycles. The third-order valence-electron chi connectivity index (χ3n) is 3.21. The Balaban J connectivity index is 2.31. The van der Waals surface area contributed by atoms with Crippen LogP contribution in [0.2, 0.25) is 0 Å². The van der Waals surface area contributed by atoms with E-state index in [1.54, 1.807) is 54.6 Å². The van der Waals surface area contributed by atoms with Crippen molar-refractivity contribution >= 4 is 27.1 Å². The smallest absolute Gasteiger partial charge is 0.268 e. The molecule has 3 aromatic rings. The first kappa shape index (κ1) is 13.4. The van der Waals surface area contributed by atoms with Gasteiger partial charge in [-0.25, -0.2) is 12.4 Å². The van der Waals surface area contributed by atoms with Crippen LogP contribution in [0.4, 0.5) is 0 Å². The van der Waals surface area contributed by atoms with Gasteiger partial charge in [0.15, 0.2) is 0 Å². The van der Waals surface area contributed by atoms with Gasteiger partial charge in [-0.2, -0.15) is 0 Å². The fourth-order valence-corrected chi connectivity index (χ4v) is 3.64. The van der Waals surface area contributed by atoms with E-state index in [1.165, 1.54) is 16.4 Å². The summed E-state index contributed by atoms with van der Waals surface area (Å²) in [4.78, 5) is 0.207. The third-order valence-corrected chi connectivity index (χ3v) is 4.89. The highest BCUT2D eigenvalue weighted by Gasteiger charge is 2.20. The molecular weight excluding hydrogens is 288 g/mol. The van der Waals surface area contributed by atoms with Crippen LogP contribution in [-0.4, -0.2) is 23.8 Å². The number of fused-ring (bicyclic) bond motifs is 1. The highest BCUT2D eigenvalue weighted by Crippen LogP contribution is 2.24. The van der Waals surface area contributed by atoms with Crippen LogP contribution in [0, 0.1) is 0 Å². The van der Waals surface area contributed by atoms with E-state index in [0.717, 1.165) is 0 Å². The fourth-order valence-electron chi connectivity index (χ4n) is 2.25. The number of para-hydroxylation sites is 1. The summed E-state index contributed by atoms with van der Waals surface area (Å²) in [6.07, 6.45) is 2.67. The van der Waals surface area contributed by atoms with Crippen LogP contribution in [0.15, 0.2) is 70.8 Å². The number of hydrogen-bond acceptors (Lipinski definition) is 4. The maximum absolute atomic E-state index is 12.7. The number of nitrogens with zero attached hydrogens (tertiary/aromatic N) is 2. The minimum atomic E-state index is -3.69. The van der Waals surface area contributed by atoms with E-state index >= 15 is 0 Å². The second-order valence-electron chi connectivity index (χ2n) is 4.46. The van der Waals surface area contributed by atoms with Gasteiger partial charge in [0.25, 0.3) is 10.0 Å². The number of benzene rings is 2. The zero-order valence-electron chi connectivity index (χ0n) is 10.9. The molecule has 0 aliphatic rings. The molecule has 0 unspecified atom stereocenters. The lowest BCUT2D eigenvalue weighted by Gasteiger charge is -2.07. The van der Waals surface area contributed by atoms with Crippen molar-refractivity contribution in [1.29, 1.82) is 0 Å². The molecule has 1 heterocycles. The summed E-state index contributed by atoms with van der Waals surface area (Å²) in [6, 6.07) is 15.3. The lowest BCUT2D eigenvalue weighted by molar-refractivity contribution is 0.322. The average molecular weight is 300 g/mol. The maximum atomic E-state index is 12.7. The standard InChI is InChI=1S/C15H12N2O3S/c18-16-10-12-11-17(15-9-5-4-8-14(12)15)21(19,20)13-6-2-1-3-7-13/h1-11,18H/b16-10+. The van der Waals surface area contributed by atoms with Crippen molar-refractivity contribution in [1.82, 2.24) is 3.97 Å². The Morgan fingerprint density at radius 2 is 1.67 bits per heavy atom. The van der Waals surface area contributed by atoms with E-state index in [-0.39, 0.29) is 4.90 Å². The highest BCUT2D eigenvalue weighted by atomic mass is 32.2. The van der Waals surface area contributed by atoms with E-state index in [0.29, 0.717) is 16.5 Å². The largest absolute Gasteiger partial charge is 0.411 e. The molecule has 0 aliphatic carbocycles. The summed E-state index contributed by atoms with van der Waals surface area (Å²) >= 11 is 0. The Labute approximate surface area is 121 Å². The van der Waals surface area contributed by atoms with E-state index in [9.17, 15) is 8.42 Å². The number of oxime groups is 1. The molecule has 0 spiro atoms. The Bertz CT molecular complexity index is 913. The summed E-state index contributed by atoms with van der Waals surface area (Å²) in [5.41, 5.74) is 1.07. The Kier molecular flexibility index (Phi) is 3.23. The van der Waals surface area contributed by atoms with E-state index in [2.05, 4.69) is 5.16 Å². The second kappa shape index (κ2) is 5.06. The van der Waals surface area contributed by atoms with E-state index in [4.69, 9.17) is 5.21 Å². The topological polar surface area (TPSA) is 71.7 Å². The van der Waals surface area contributed by atoms with E-state index in [1.807, 2.05) is 0 Å². The number of aromatic nitrogens is 1. The molecule has 0 amide bonds. The monoisotopic (exact) mass is 300 g/mol. The van der Waals surface area contributed by atoms with Crippen LogP contribution in [0.3, 0.4) is 0 Å². The van der Waals surface area contributed by atoms with Crippen LogP contribution >= 0.6 is 0 Å². The molecule has 6 heteroatoms. The van der Waals surface area contributed by atoms with Crippen LogP contribution in [0.25, 0.3) is 10.9 Å². The molecule has 0 atom stereocenters. The van der Waals surface area contributed by atoms with Gasteiger partial charge < -0.3 is 5.21 Å². The summed E-state index contributed by atoms with van der Waals surface area (Å²) in [6.45, 7) is 0. The van der Waals surface area contributed by atoms with E-state index < -0.39 is 10.0 Å². The second-order valence-corrected chi connectivity index (χ2v) is 6.28. The molecule has 0 aliphatic heterocycles. The molecule has 0 saturated heterocycles. The Hall–Kier alpha value is -2.60. The van der Waals surface area contributed by atoms with Crippen molar-refractivity contribution in [2.45, 2.75) is 4.90 Å². The van der Waals surface area contributed by atoms with Gasteiger partial charge in [0.2, 0.25) is 0 Å². The van der Waals surface area contributed by atoms with Crippen molar-refractivity contribution in [3.63, 3.8) is 0 Å². The Morgan fingerprint density at radius 1 is 1.00 bits per heavy atom. The van der Waals surface area contributed by atoms with Crippen LogP contribution in [-0.2, 0) is 10.0 Å².